The number of carbonyl (C=O) groups excluding carboxylic acids is 1. The molecule has 0 spiro atoms. The summed E-state index contributed by atoms with van der Waals surface area (Å²) in [6.07, 6.45) is 6.25. The Balaban J connectivity index is 1.89. The maximum absolute atomic E-state index is 12.2. The van der Waals surface area contributed by atoms with Gasteiger partial charge in [0, 0.05) is 37.7 Å². The minimum Gasteiger partial charge on any atom is -0.337 e. The second-order valence-electron chi connectivity index (χ2n) is 4.41. The Hall–Kier alpha value is -1.88. The molecule has 0 radical (unpaired) electrons. The average Bonchev–Trinajstić information content (AvgIpc) is 2.95. The summed E-state index contributed by atoms with van der Waals surface area (Å²) < 4.78 is 1.85. The molecule has 1 fully saturated rings. The highest BCUT2D eigenvalue weighted by atomic mass is 16.2. The van der Waals surface area contributed by atoms with Crippen molar-refractivity contribution in [2.45, 2.75) is 12.5 Å². The Morgan fingerprint density at radius 2 is 2.35 bits per heavy atom. The van der Waals surface area contributed by atoms with E-state index in [1.54, 1.807) is 6.20 Å². The van der Waals surface area contributed by atoms with Crippen molar-refractivity contribution in [2.75, 3.05) is 13.1 Å². The number of likely N-dealkylation sites (tertiary alicyclic amines) is 1. The Morgan fingerprint density at radius 3 is 3.12 bits per heavy atom. The molecule has 0 aliphatic carbocycles. The van der Waals surface area contributed by atoms with Crippen LogP contribution in [0.1, 0.15) is 16.8 Å². The van der Waals surface area contributed by atoms with E-state index in [2.05, 4.69) is 4.98 Å². The number of rotatable bonds is 1. The Bertz CT molecular complexity index is 562. The first-order valence-corrected chi connectivity index (χ1v) is 5.71. The number of imidazole rings is 1. The number of hydrogen-bond donors (Lipinski definition) is 1. The van der Waals surface area contributed by atoms with Gasteiger partial charge < -0.3 is 15.0 Å². The van der Waals surface area contributed by atoms with Gasteiger partial charge in [-0.2, -0.15) is 0 Å². The molecule has 1 saturated heterocycles. The van der Waals surface area contributed by atoms with Crippen LogP contribution >= 0.6 is 0 Å². The van der Waals surface area contributed by atoms with Gasteiger partial charge in [0.15, 0.2) is 0 Å². The highest BCUT2D eigenvalue weighted by Gasteiger charge is 2.24. The Labute approximate surface area is 98.8 Å². The topological polar surface area (TPSA) is 63.6 Å². The van der Waals surface area contributed by atoms with E-state index in [1.165, 1.54) is 0 Å². The number of fused-ring (bicyclic) bond motifs is 1. The Morgan fingerprint density at radius 1 is 1.47 bits per heavy atom. The van der Waals surface area contributed by atoms with Gasteiger partial charge in [-0.05, 0) is 18.6 Å². The van der Waals surface area contributed by atoms with Crippen molar-refractivity contribution in [3.8, 4) is 0 Å². The summed E-state index contributed by atoms with van der Waals surface area (Å²) in [4.78, 5) is 18.1. The maximum Gasteiger partial charge on any atom is 0.255 e. The minimum atomic E-state index is 0.0496. The van der Waals surface area contributed by atoms with E-state index >= 15 is 0 Å². The van der Waals surface area contributed by atoms with Gasteiger partial charge >= 0.3 is 0 Å². The number of aromatic nitrogens is 2. The predicted molar refractivity (Wildman–Crippen MR) is 63.7 cm³/mol. The number of nitrogens with two attached hydrogens (primary N) is 1. The van der Waals surface area contributed by atoms with Crippen molar-refractivity contribution in [3.63, 3.8) is 0 Å². The molecule has 5 heteroatoms. The van der Waals surface area contributed by atoms with Gasteiger partial charge in [0.25, 0.3) is 5.91 Å². The van der Waals surface area contributed by atoms with Crippen LogP contribution in [0.4, 0.5) is 0 Å². The lowest BCUT2D eigenvalue weighted by atomic mass is 10.2. The first-order chi connectivity index (χ1) is 8.24. The van der Waals surface area contributed by atoms with Crippen LogP contribution in [0.15, 0.2) is 30.7 Å². The molecule has 5 nitrogen and oxygen atoms in total. The van der Waals surface area contributed by atoms with Crippen LogP contribution in [-0.2, 0) is 0 Å². The highest BCUT2D eigenvalue weighted by molar-refractivity contribution is 5.94. The van der Waals surface area contributed by atoms with Gasteiger partial charge in [0.05, 0.1) is 5.56 Å². The van der Waals surface area contributed by atoms with Gasteiger partial charge in [-0.15, -0.1) is 0 Å². The molecule has 0 bridgehead atoms. The molecule has 17 heavy (non-hydrogen) atoms. The van der Waals surface area contributed by atoms with Crippen LogP contribution in [0.25, 0.3) is 5.65 Å². The summed E-state index contributed by atoms with van der Waals surface area (Å²) in [6.45, 7) is 1.41. The molecule has 0 unspecified atom stereocenters. The molecule has 2 aromatic rings. The number of amides is 1. The fourth-order valence-corrected chi connectivity index (χ4v) is 2.20. The van der Waals surface area contributed by atoms with Crippen molar-refractivity contribution in [3.05, 3.63) is 36.3 Å². The number of carbonyl (C=O) groups is 1. The fraction of sp³-hybridized carbons (Fsp3) is 0.333. The van der Waals surface area contributed by atoms with Crippen molar-refractivity contribution in [1.29, 1.82) is 0 Å². The van der Waals surface area contributed by atoms with Gasteiger partial charge in [-0.3, -0.25) is 4.79 Å². The summed E-state index contributed by atoms with van der Waals surface area (Å²) >= 11 is 0. The van der Waals surface area contributed by atoms with Crippen LogP contribution < -0.4 is 5.73 Å². The second kappa shape index (κ2) is 3.85. The summed E-state index contributed by atoms with van der Waals surface area (Å²) in [5.41, 5.74) is 7.34. The van der Waals surface area contributed by atoms with Crippen LogP contribution in [0.5, 0.6) is 0 Å². The van der Waals surface area contributed by atoms with E-state index in [0.717, 1.165) is 18.6 Å². The minimum absolute atomic E-state index is 0.0496. The van der Waals surface area contributed by atoms with Crippen molar-refractivity contribution in [2.24, 2.45) is 5.73 Å². The number of nitrogens with zero attached hydrogens (tertiary/aromatic N) is 3. The monoisotopic (exact) mass is 230 g/mol. The molecule has 1 aliphatic heterocycles. The van der Waals surface area contributed by atoms with Crippen LogP contribution in [0.2, 0.25) is 0 Å². The SMILES string of the molecule is N[C@H]1CCN(C(=O)c2ccc3nccn3c2)C1. The quantitative estimate of drug-likeness (QED) is 0.776. The van der Waals surface area contributed by atoms with Crippen molar-refractivity contribution in [1.82, 2.24) is 14.3 Å². The molecule has 2 N–H and O–H groups in total. The van der Waals surface area contributed by atoms with Gasteiger partial charge in [-0.1, -0.05) is 0 Å². The fourth-order valence-electron chi connectivity index (χ4n) is 2.20. The predicted octanol–water partition coefficient (Wildman–Crippen LogP) is 0.507. The first-order valence-electron chi connectivity index (χ1n) is 5.71. The standard InChI is InChI=1S/C12H14N4O/c13-10-3-5-16(8-10)12(17)9-1-2-11-14-4-6-15(11)7-9/h1-2,4,6-7,10H,3,5,8,13H2/t10-/m0/s1. The summed E-state index contributed by atoms with van der Waals surface area (Å²) in [6, 6.07) is 3.79. The highest BCUT2D eigenvalue weighted by Crippen LogP contribution is 2.13. The Kier molecular flexibility index (Phi) is 2.33. The van der Waals surface area contributed by atoms with E-state index in [-0.39, 0.29) is 11.9 Å². The molecule has 1 amide bonds. The van der Waals surface area contributed by atoms with Crippen LogP contribution in [0.3, 0.4) is 0 Å². The van der Waals surface area contributed by atoms with Crippen LogP contribution in [0, 0.1) is 0 Å². The van der Waals surface area contributed by atoms with E-state index in [9.17, 15) is 4.79 Å². The third-order valence-electron chi connectivity index (χ3n) is 3.15. The summed E-state index contributed by atoms with van der Waals surface area (Å²) in [5, 5.41) is 0. The summed E-state index contributed by atoms with van der Waals surface area (Å²) in [5.74, 6) is 0.0496. The van der Waals surface area contributed by atoms with Gasteiger partial charge in [-0.25, -0.2) is 4.98 Å². The van der Waals surface area contributed by atoms with Gasteiger partial charge in [0.1, 0.15) is 5.65 Å². The molecular formula is C12H14N4O. The van der Waals surface area contributed by atoms with E-state index in [1.807, 2.05) is 33.8 Å². The van der Waals surface area contributed by atoms with Crippen molar-refractivity contribution >= 4 is 11.6 Å². The lowest BCUT2D eigenvalue weighted by molar-refractivity contribution is 0.0790. The average molecular weight is 230 g/mol. The normalized spacial score (nSPS) is 20.1. The number of hydrogen-bond acceptors (Lipinski definition) is 3. The largest absolute Gasteiger partial charge is 0.337 e. The molecular weight excluding hydrogens is 216 g/mol. The molecule has 3 heterocycles. The lowest BCUT2D eigenvalue weighted by Crippen LogP contribution is -2.31. The van der Waals surface area contributed by atoms with E-state index in [4.69, 9.17) is 5.73 Å². The second-order valence-corrected chi connectivity index (χ2v) is 4.41. The third kappa shape index (κ3) is 1.78. The third-order valence-corrected chi connectivity index (χ3v) is 3.15. The maximum atomic E-state index is 12.2. The summed E-state index contributed by atoms with van der Waals surface area (Å²) in [7, 11) is 0. The van der Waals surface area contributed by atoms with Gasteiger partial charge in [0.2, 0.25) is 0 Å². The van der Waals surface area contributed by atoms with E-state index in [0.29, 0.717) is 12.1 Å². The smallest absolute Gasteiger partial charge is 0.255 e. The molecule has 2 aromatic heterocycles. The van der Waals surface area contributed by atoms with Crippen LogP contribution in [-0.4, -0.2) is 39.3 Å². The van der Waals surface area contributed by atoms with Crippen molar-refractivity contribution < 1.29 is 4.79 Å². The molecule has 3 rings (SSSR count). The molecule has 1 aliphatic rings. The zero-order chi connectivity index (χ0) is 11.8. The first kappa shape index (κ1) is 10.3. The molecule has 0 saturated carbocycles. The lowest BCUT2D eigenvalue weighted by Gasteiger charge is -2.15. The molecule has 88 valence electrons. The number of pyridine rings is 1. The van der Waals surface area contributed by atoms with E-state index < -0.39 is 0 Å². The molecule has 1 atom stereocenters. The zero-order valence-electron chi connectivity index (χ0n) is 9.41. The molecule has 0 aromatic carbocycles. The zero-order valence-corrected chi connectivity index (χ0v) is 9.41.